The van der Waals surface area contributed by atoms with Crippen molar-refractivity contribution in [3.05, 3.63) is 114 Å². The van der Waals surface area contributed by atoms with Crippen molar-refractivity contribution >= 4 is 10.9 Å². The zero-order chi connectivity index (χ0) is 23.5. The molecule has 0 spiro atoms. The predicted octanol–water partition coefficient (Wildman–Crippen LogP) is 6.09. The van der Waals surface area contributed by atoms with Gasteiger partial charge in [-0.25, -0.2) is 4.98 Å². The zero-order valence-corrected chi connectivity index (χ0v) is 18.4. The van der Waals surface area contributed by atoms with Crippen molar-refractivity contribution in [3.63, 3.8) is 0 Å². The molecule has 1 aromatic heterocycles. The summed E-state index contributed by atoms with van der Waals surface area (Å²) in [6, 6.07) is 34.4. The van der Waals surface area contributed by atoms with Crippen LogP contribution >= 0.6 is 0 Å². The first-order valence-corrected chi connectivity index (χ1v) is 11.0. The van der Waals surface area contributed by atoms with E-state index in [0.717, 1.165) is 38.8 Å². The van der Waals surface area contributed by atoms with Crippen LogP contribution in [0.5, 0.6) is 0 Å². The molecule has 2 N–H and O–H groups in total. The van der Waals surface area contributed by atoms with Crippen LogP contribution in [0.15, 0.2) is 97.1 Å². The number of fused-ring (bicyclic) bond motifs is 1. The number of rotatable bonds is 5. The summed E-state index contributed by atoms with van der Waals surface area (Å²) < 4.78 is 0. The lowest BCUT2D eigenvalue weighted by molar-refractivity contribution is 0.260. The van der Waals surface area contributed by atoms with Gasteiger partial charge in [-0.2, -0.15) is 5.26 Å². The smallest absolute Gasteiger partial charge is 0.149 e. The van der Waals surface area contributed by atoms with E-state index >= 15 is 0 Å². The van der Waals surface area contributed by atoms with Gasteiger partial charge in [-0.15, -0.1) is 0 Å². The van der Waals surface area contributed by atoms with Crippen molar-refractivity contribution in [1.82, 2.24) is 4.98 Å². The summed E-state index contributed by atoms with van der Waals surface area (Å²) in [5.74, 6) is 0. The van der Waals surface area contributed by atoms with Crippen LogP contribution < -0.4 is 0 Å². The molecule has 164 valence electrons. The first-order chi connectivity index (χ1) is 16.7. The maximum atomic E-state index is 9.94. The molecule has 0 fully saturated rings. The molecule has 0 aliphatic rings. The molecule has 0 aliphatic carbocycles. The van der Waals surface area contributed by atoms with Gasteiger partial charge in [0, 0.05) is 10.9 Å². The van der Waals surface area contributed by atoms with Crippen molar-refractivity contribution in [1.29, 1.82) is 5.26 Å². The first-order valence-electron chi connectivity index (χ1n) is 11.0. The molecule has 0 aliphatic heterocycles. The van der Waals surface area contributed by atoms with Crippen molar-refractivity contribution < 1.29 is 10.2 Å². The molecule has 5 aromatic rings. The average molecular weight is 443 g/mol. The third kappa shape index (κ3) is 4.06. The molecule has 5 rings (SSSR count). The Morgan fingerprint density at radius 1 is 0.618 bits per heavy atom. The Bertz CT molecular complexity index is 1460. The fraction of sp³-hybridized carbons (Fsp3) is 0.0667. The summed E-state index contributed by atoms with van der Waals surface area (Å²) >= 11 is 0. The summed E-state index contributed by atoms with van der Waals surface area (Å²) in [4.78, 5) is 4.61. The van der Waals surface area contributed by atoms with Crippen LogP contribution in [-0.2, 0) is 13.2 Å². The zero-order valence-electron chi connectivity index (χ0n) is 18.4. The number of aliphatic hydroxyl groups is 2. The molecule has 0 amide bonds. The van der Waals surface area contributed by atoms with Gasteiger partial charge in [0.05, 0.1) is 18.7 Å². The van der Waals surface area contributed by atoms with Crippen molar-refractivity contribution in [2.45, 2.75) is 13.2 Å². The lowest BCUT2D eigenvalue weighted by Crippen LogP contribution is -1.98. The Kier molecular flexibility index (Phi) is 5.88. The third-order valence-corrected chi connectivity index (χ3v) is 6.04. The van der Waals surface area contributed by atoms with Gasteiger partial charge in [-0.05, 0) is 75.3 Å². The highest BCUT2D eigenvalue weighted by molar-refractivity contribution is 5.89. The highest BCUT2D eigenvalue weighted by Gasteiger charge is 2.14. The second-order valence-corrected chi connectivity index (χ2v) is 8.16. The highest BCUT2D eigenvalue weighted by Crippen LogP contribution is 2.35. The van der Waals surface area contributed by atoms with Crippen LogP contribution in [0.1, 0.15) is 16.8 Å². The minimum atomic E-state index is -0.198. The molecule has 34 heavy (non-hydrogen) atoms. The third-order valence-electron chi connectivity index (χ3n) is 6.04. The number of nitrogens with zero attached hydrogens (tertiary/aromatic N) is 2. The summed E-state index contributed by atoms with van der Waals surface area (Å²) in [6.45, 7) is -0.375. The summed E-state index contributed by atoms with van der Waals surface area (Å²) in [6.07, 6.45) is 0. The normalized spacial score (nSPS) is 10.9. The predicted molar refractivity (Wildman–Crippen MR) is 135 cm³/mol. The Hall–Kier alpha value is -4.30. The van der Waals surface area contributed by atoms with Crippen LogP contribution in [0, 0.1) is 11.3 Å². The van der Waals surface area contributed by atoms with Crippen LogP contribution in [0.3, 0.4) is 0 Å². The summed E-state index contributed by atoms with van der Waals surface area (Å²) in [5.41, 5.74) is 8.08. The molecule has 0 unspecified atom stereocenters. The van der Waals surface area contributed by atoms with Crippen molar-refractivity contribution in [2.24, 2.45) is 0 Å². The van der Waals surface area contributed by atoms with Crippen LogP contribution in [0.25, 0.3) is 44.3 Å². The number of nitriles is 1. The maximum absolute atomic E-state index is 9.94. The van der Waals surface area contributed by atoms with Crippen molar-refractivity contribution in [2.75, 3.05) is 0 Å². The Labute approximate surface area is 198 Å². The Morgan fingerprint density at radius 3 is 1.68 bits per heavy atom. The number of hydrogen-bond donors (Lipinski definition) is 2. The van der Waals surface area contributed by atoms with Crippen molar-refractivity contribution in [3.8, 4) is 39.4 Å². The maximum Gasteiger partial charge on any atom is 0.149 e. The average Bonchev–Trinajstić information content (AvgIpc) is 2.92. The van der Waals surface area contributed by atoms with E-state index in [-0.39, 0.29) is 13.2 Å². The second kappa shape index (κ2) is 9.29. The van der Waals surface area contributed by atoms with Crippen LogP contribution in [0.4, 0.5) is 0 Å². The van der Waals surface area contributed by atoms with Gasteiger partial charge in [0.2, 0.25) is 0 Å². The molecule has 0 bridgehead atoms. The molecule has 4 nitrogen and oxygen atoms in total. The van der Waals surface area contributed by atoms with Gasteiger partial charge >= 0.3 is 0 Å². The summed E-state index contributed by atoms with van der Waals surface area (Å²) in [7, 11) is 0. The molecule has 1 heterocycles. The highest BCUT2D eigenvalue weighted by atomic mass is 16.3. The molecule has 4 aromatic carbocycles. The van der Waals surface area contributed by atoms with E-state index in [1.807, 2.05) is 48.5 Å². The second-order valence-electron chi connectivity index (χ2n) is 8.16. The molecule has 0 saturated carbocycles. The SMILES string of the molecule is N#Cc1nc2cc(CO)c(CO)cc2cc1-c1cc(-c2ccccc2)cc(-c2ccccc2)c1. The lowest BCUT2D eigenvalue weighted by Gasteiger charge is -2.14. The molecule has 0 atom stereocenters. The van der Waals surface area contributed by atoms with Gasteiger partial charge in [0.1, 0.15) is 11.8 Å². The number of hydrogen-bond acceptors (Lipinski definition) is 4. The van der Waals surface area contributed by atoms with Gasteiger partial charge < -0.3 is 10.2 Å². The number of aliphatic hydroxyl groups excluding tert-OH is 2. The van der Waals surface area contributed by atoms with E-state index in [0.29, 0.717) is 22.3 Å². The molecule has 4 heteroatoms. The number of benzene rings is 4. The summed E-state index contributed by atoms with van der Waals surface area (Å²) in [5, 5.41) is 30.1. The van der Waals surface area contributed by atoms with E-state index in [1.165, 1.54) is 0 Å². The van der Waals surface area contributed by atoms with Gasteiger partial charge in [-0.3, -0.25) is 0 Å². The molecular formula is C30H22N2O2. The topological polar surface area (TPSA) is 77.1 Å². The molecular weight excluding hydrogens is 420 g/mol. The van der Waals surface area contributed by atoms with Gasteiger partial charge in [0.25, 0.3) is 0 Å². The lowest BCUT2D eigenvalue weighted by atomic mass is 9.92. The Balaban J connectivity index is 1.77. The van der Waals surface area contributed by atoms with Crippen LogP contribution in [0.2, 0.25) is 0 Å². The monoisotopic (exact) mass is 442 g/mol. The fourth-order valence-electron chi connectivity index (χ4n) is 4.29. The Morgan fingerprint density at radius 2 is 1.15 bits per heavy atom. The first kappa shape index (κ1) is 21.5. The minimum absolute atomic E-state index is 0.178. The van der Waals surface area contributed by atoms with E-state index in [9.17, 15) is 15.5 Å². The van der Waals surface area contributed by atoms with E-state index in [4.69, 9.17) is 0 Å². The number of pyridine rings is 1. The van der Waals surface area contributed by atoms with E-state index < -0.39 is 0 Å². The minimum Gasteiger partial charge on any atom is -0.392 e. The standard InChI is InChI=1S/C30H22N2O2/c31-17-30-28(15-25-14-26(18-33)27(19-34)16-29(25)32-30)24-12-22(20-7-3-1-4-8-20)11-23(13-24)21-9-5-2-6-10-21/h1-16,33-34H,18-19H2. The largest absolute Gasteiger partial charge is 0.392 e. The van der Waals surface area contributed by atoms with Gasteiger partial charge in [0.15, 0.2) is 0 Å². The number of aromatic nitrogens is 1. The molecule has 0 radical (unpaired) electrons. The van der Waals surface area contributed by atoms with E-state index in [1.54, 1.807) is 6.07 Å². The van der Waals surface area contributed by atoms with E-state index in [2.05, 4.69) is 53.5 Å². The van der Waals surface area contributed by atoms with Crippen LogP contribution in [-0.4, -0.2) is 15.2 Å². The fourth-order valence-corrected chi connectivity index (χ4v) is 4.29. The van der Waals surface area contributed by atoms with Gasteiger partial charge in [-0.1, -0.05) is 60.7 Å². The molecule has 0 saturated heterocycles. The quantitative estimate of drug-likeness (QED) is 0.345.